The van der Waals surface area contributed by atoms with Gasteiger partial charge < -0.3 is 15.7 Å². The molecule has 0 spiro atoms. The van der Waals surface area contributed by atoms with Gasteiger partial charge in [-0.25, -0.2) is 0 Å². The number of anilines is 1. The Balaban J connectivity index is 2.49. The predicted molar refractivity (Wildman–Crippen MR) is 74.6 cm³/mol. The van der Waals surface area contributed by atoms with Crippen LogP contribution in [-0.2, 0) is 0 Å². The quantitative estimate of drug-likeness (QED) is 0.551. The lowest BCUT2D eigenvalue weighted by Crippen LogP contribution is -2.43. The standard InChI is InChI=1S/C13H21N5O/c1-8-9(2)16-17-13(11(8)12(14)15)18-6-4-3-5-10(18)7-19/h10,19H,3-7H2,1-2H3,(H3,14,15). The van der Waals surface area contributed by atoms with E-state index in [1.54, 1.807) is 0 Å². The number of nitrogen functional groups attached to an aromatic ring is 1. The summed E-state index contributed by atoms with van der Waals surface area (Å²) < 4.78 is 0. The Morgan fingerprint density at radius 3 is 2.79 bits per heavy atom. The molecule has 1 aliphatic rings. The van der Waals surface area contributed by atoms with Gasteiger partial charge in [-0.1, -0.05) is 0 Å². The van der Waals surface area contributed by atoms with Gasteiger partial charge in [-0.15, -0.1) is 5.10 Å². The molecule has 19 heavy (non-hydrogen) atoms. The van der Waals surface area contributed by atoms with Gasteiger partial charge in [-0.05, 0) is 38.7 Å². The second-order valence-corrected chi connectivity index (χ2v) is 5.05. The van der Waals surface area contributed by atoms with Crippen molar-refractivity contribution in [1.29, 1.82) is 5.41 Å². The Morgan fingerprint density at radius 2 is 2.16 bits per heavy atom. The van der Waals surface area contributed by atoms with Gasteiger partial charge in [0.05, 0.1) is 23.9 Å². The van der Waals surface area contributed by atoms with Gasteiger partial charge in [0.1, 0.15) is 5.84 Å². The highest BCUT2D eigenvalue weighted by atomic mass is 16.3. The van der Waals surface area contributed by atoms with Gasteiger partial charge in [0.25, 0.3) is 0 Å². The topological polar surface area (TPSA) is 99.1 Å². The molecular weight excluding hydrogens is 242 g/mol. The number of nitrogens with two attached hydrogens (primary N) is 1. The summed E-state index contributed by atoms with van der Waals surface area (Å²) in [5.41, 5.74) is 8.02. The van der Waals surface area contributed by atoms with E-state index in [-0.39, 0.29) is 18.5 Å². The molecule has 0 aliphatic carbocycles. The van der Waals surface area contributed by atoms with Crippen LogP contribution in [0.3, 0.4) is 0 Å². The molecule has 6 heteroatoms. The SMILES string of the molecule is Cc1nnc(N2CCCCC2CO)c(C(=N)N)c1C. The third-order valence-corrected chi connectivity index (χ3v) is 3.82. The van der Waals surface area contributed by atoms with Crippen LogP contribution in [0.5, 0.6) is 0 Å². The van der Waals surface area contributed by atoms with Crippen molar-refractivity contribution in [2.24, 2.45) is 5.73 Å². The molecule has 2 rings (SSSR count). The summed E-state index contributed by atoms with van der Waals surface area (Å²) in [5, 5.41) is 25.6. The molecule has 1 saturated heterocycles. The first kappa shape index (κ1) is 13.7. The molecule has 1 aromatic rings. The summed E-state index contributed by atoms with van der Waals surface area (Å²) in [5.74, 6) is 0.641. The van der Waals surface area contributed by atoms with Gasteiger partial charge in [-0.3, -0.25) is 5.41 Å². The normalized spacial score (nSPS) is 19.5. The zero-order valence-corrected chi connectivity index (χ0v) is 11.5. The maximum atomic E-state index is 9.50. The van der Waals surface area contributed by atoms with Gasteiger partial charge in [0.2, 0.25) is 0 Å². The highest BCUT2D eigenvalue weighted by Gasteiger charge is 2.27. The average Bonchev–Trinajstić information content (AvgIpc) is 2.41. The molecule has 1 aromatic heterocycles. The highest BCUT2D eigenvalue weighted by Crippen LogP contribution is 2.27. The van der Waals surface area contributed by atoms with E-state index in [2.05, 4.69) is 10.2 Å². The van der Waals surface area contributed by atoms with Crippen LogP contribution in [-0.4, -0.2) is 40.3 Å². The van der Waals surface area contributed by atoms with Crippen molar-refractivity contribution in [1.82, 2.24) is 10.2 Å². The second kappa shape index (κ2) is 5.52. The maximum absolute atomic E-state index is 9.50. The number of rotatable bonds is 3. The molecule has 1 unspecified atom stereocenters. The Morgan fingerprint density at radius 1 is 1.42 bits per heavy atom. The van der Waals surface area contributed by atoms with E-state index < -0.39 is 0 Å². The largest absolute Gasteiger partial charge is 0.394 e. The van der Waals surface area contributed by atoms with Gasteiger partial charge in [0.15, 0.2) is 5.82 Å². The zero-order chi connectivity index (χ0) is 14.0. The fourth-order valence-electron chi connectivity index (χ4n) is 2.59. The number of piperidine rings is 1. The van der Waals surface area contributed by atoms with Crippen LogP contribution < -0.4 is 10.6 Å². The molecule has 4 N–H and O–H groups in total. The van der Waals surface area contributed by atoms with E-state index in [1.165, 1.54) is 0 Å². The highest BCUT2D eigenvalue weighted by molar-refractivity contribution is 6.01. The van der Waals surface area contributed by atoms with Crippen molar-refractivity contribution in [3.63, 3.8) is 0 Å². The molecular formula is C13H21N5O. The van der Waals surface area contributed by atoms with E-state index in [0.717, 1.165) is 37.1 Å². The van der Waals surface area contributed by atoms with Gasteiger partial charge in [0, 0.05) is 6.54 Å². The van der Waals surface area contributed by atoms with E-state index >= 15 is 0 Å². The summed E-state index contributed by atoms with van der Waals surface area (Å²) in [6.45, 7) is 4.68. The van der Waals surface area contributed by atoms with Crippen molar-refractivity contribution in [2.75, 3.05) is 18.1 Å². The van der Waals surface area contributed by atoms with E-state index in [9.17, 15) is 5.11 Å². The fourth-order valence-corrected chi connectivity index (χ4v) is 2.59. The number of aryl methyl sites for hydroxylation is 1. The molecule has 1 aliphatic heterocycles. The Labute approximate surface area is 113 Å². The summed E-state index contributed by atoms with van der Waals surface area (Å²) in [6, 6.07) is 0.0447. The lowest BCUT2D eigenvalue weighted by Gasteiger charge is -2.36. The van der Waals surface area contributed by atoms with Crippen molar-refractivity contribution < 1.29 is 5.11 Å². The summed E-state index contributed by atoms with van der Waals surface area (Å²) >= 11 is 0. The first-order valence-corrected chi connectivity index (χ1v) is 6.62. The lowest BCUT2D eigenvalue weighted by atomic mass is 10.0. The zero-order valence-electron chi connectivity index (χ0n) is 11.5. The number of aromatic nitrogens is 2. The molecule has 104 valence electrons. The summed E-state index contributed by atoms with van der Waals surface area (Å²) in [6.07, 6.45) is 3.10. The Hall–Kier alpha value is -1.69. The number of hydrogen-bond acceptors (Lipinski definition) is 5. The number of amidine groups is 1. The Kier molecular flexibility index (Phi) is 3.99. The van der Waals surface area contributed by atoms with Crippen molar-refractivity contribution >= 4 is 11.7 Å². The molecule has 0 saturated carbocycles. The van der Waals surface area contributed by atoms with Crippen molar-refractivity contribution in [3.05, 3.63) is 16.8 Å². The van der Waals surface area contributed by atoms with Gasteiger partial charge >= 0.3 is 0 Å². The van der Waals surface area contributed by atoms with Crippen LogP contribution >= 0.6 is 0 Å². The van der Waals surface area contributed by atoms with Crippen molar-refractivity contribution in [2.45, 2.75) is 39.2 Å². The minimum atomic E-state index is 0.00719. The molecule has 1 fully saturated rings. The molecule has 0 bridgehead atoms. The van der Waals surface area contributed by atoms with E-state index in [1.807, 2.05) is 18.7 Å². The molecule has 0 aromatic carbocycles. The van der Waals surface area contributed by atoms with Crippen LogP contribution in [0, 0.1) is 19.3 Å². The first-order valence-electron chi connectivity index (χ1n) is 6.62. The number of aliphatic hydroxyl groups is 1. The van der Waals surface area contributed by atoms with Crippen LogP contribution in [0.4, 0.5) is 5.82 Å². The predicted octanol–water partition coefficient (Wildman–Crippen LogP) is 0.729. The first-order chi connectivity index (χ1) is 9.06. The molecule has 6 nitrogen and oxygen atoms in total. The number of nitrogens with zero attached hydrogens (tertiary/aromatic N) is 3. The van der Waals surface area contributed by atoms with Crippen LogP contribution in [0.2, 0.25) is 0 Å². The number of aliphatic hydroxyl groups excluding tert-OH is 1. The van der Waals surface area contributed by atoms with Crippen LogP contribution in [0.25, 0.3) is 0 Å². The van der Waals surface area contributed by atoms with Gasteiger partial charge in [-0.2, -0.15) is 5.10 Å². The third kappa shape index (κ3) is 2.53. The molecule has 2 heterocycles. The molecule has 0 radical (unpaired) electrons. The lowest BCUT2D eigenvalue weighted by molar-refractivity contribution is 0.239. The number of hydrogen-bond donors (Lipinski definition) is 3. The third-order valence-electron chi connectivity index (χ3n) is 3.82. The van der Waals surface area contributed by atoms with Crippen LogP contribution in [0.1, 0.15) is 36.1 Å². The Bertz CT molecular complexity index is 488. The summed E-state index contributed by atoms with van der Waals surface area (Å²) in [4.78, 5) is 2.04. The minimum Gasteiger partial charge on any atom is -0.394 e. The number of nitrogens with one attached hydrogen (secondary N) is 1. The minimum absolute atomic E-state index is 0.00719. The summed E-state index contributed by atoms with van der Waals surface area (Å²) in [7, 11) is 0. The van der Waals surface area contributed by atoms with Crippen molar-refractivity contribution in [3.8, 4) is 0 Å². The fraction of sp³-hybridized carbons (Fsp3) is 0.615. The molecule has 0 amide bonds. The second-order valence-electron chi connectivity index (χ2n) is 5.05. The maximum Gasteiger partial charge on any atom is 0.162 e. The van der Waals surface area contributed by atoms with E-state index in [0.29, 0.717) is 11.4 Å². The average molecular weight is 263 g/mol. The molecule has 1 atom stereocenters. The van der Waals surface area contributed by atoms with E-state index in [4.69, 9.17) is 11.1 Å². The monoisotopic (exact) mass is 263 g/mol. The van der Waals surface area contributed by atoms with Crippen LogP contribution in [0.15, 0.2) is 0 Å². The smallest absolute Gasteiger partial charge is 0.162 e.